The van der Waals surface area contributed by atoms with E-state index >= 15 is 0 Å². The monoisotopic (exact) mass is 519 g/mol. The summed E-state index contributed by atoms with van der Waals surface area (Å²) in [6.07, 6.45) is 1.15. The summed E-state index contributed by atoms with van der Waals surface area (Å²) >= 11 is 0. The normalized spacial score (nSPS) is 17.8. The zero-order valence-electron chi connectivity index (χ0n) is 20.3. The molecule has 1 aliphatic rings. The van der Waals surface area contributed by atoms with Gasteiger partial charge in [-0.2, -0.15) is 0 Å². The lowest BCUT2D eigenvalue weighted by atomic mass is 9.86. The molecule has 2 aromatic heterocycles. The van der Waals surface area contributed by atoms with Crippen LogP contribution in [0.15, 0.2) is 36.7 Å². The van der Waals surface area contributed by atoms with Crippen molar-refractivity contribution in [3.63, 3.8) is 0 Å². The molecule has 7 N–H and O–H groups in total. The first-order valence-electron chi connectivity index (χ1n) is 11.7. The summed E-state index contributed by atoms with van der Waals surface area (Å²) in [5.41, 5.74) is 19.3. The highest BCUT2D eigenvalue weighted by atomic mass is 19.3. The maximum Gasteiger partial charge on any atom is 0.240 e. The Morgan fingerprint density at radius 1 is 1.16 bits per heavy atom. The number of hydrogen-bond donors (Lipinski definition) is 4. The molecule has 1 aliphatic heterocycles. The second-order valence-corrected chi connectivity index (χ2v) is 9.16. The number of nitrogen functional groups attached to an aromatic ring is 2. The molecule has 1 aromatic carbocycles. The highest BCUT2D eigenvalue weighted by Gasteiger charge is 2.35. The Labute approximate surface area is 211 Å². The van der Waals surface area contributed by atoms with E-state index in [1.807, 2.05) is 4.90 Å². The Morgan fingerprint density at radius 3 is 2.68 bits per heavy atom. The van der Waals surface area contributed by atoms with Crippen LogP contribution in [0.2, 0.25) is 0 Å². The molecule has 0 bridgehead atoms. The number of ether oxygens (including phenoxy) is 1. The van der Waals surface area contributed by atoms with E-state index in [2.05, 4.69) is 15.3 Å². The summed E-state index contributed by atoms with van der Waals surface area (Å²) in [7, 11) is 1.25. The second kappa shape index (κ2) is 10.7. The zero-order chi connectivity index (χ0) is 26.7. The molecule has 1 atom stereocenters. The number of nitrogens with one attached hydrogen (secondary N) is 1. The van der Waals surface area contributed by atoms with E-state index in [1.165, 1.54) is 19.5 Å². The van der Waals surface area contributed by atoms with Crippen molar-refractivity contribution in [3.8, 4) is 17.0 Å². The number of benzene rings is 1. The number of methoxy groups -OCH3 is 1. The predicted octanol–water partition coefficient (Wildman–Crippen LogP) is 4.16. The van der Waals surface area contributed by atoms with Crippen LogP contribution in [0, 0.1) is 11.6 Å². The van der Waals surface area contributed by atoms with Crippen LogP contribution in [0.25, 0.3) is 11.3 Å². The van der Waals surface area contributed by atoms with Gasteiger partial charge < -0.3 is 32.2 Å². The standard InChI is InChI=1S/C25H29F4N7O/c1-37-21-9-16(26)15(8-17(21)27)19-7-14(11-34-18-3-5-33-24(31)23(18)30)20(12-35-19)36-6-2-4-25(32,13-36)10-22(28)29/h3,5,7-9,12,22H,2,4,6,10-11,13,30,32H2,1H3,(H3,31,33,34)/t25-/m0/s1. The van der Waals surface area contributed by atoms with Gasteiger partial charge in [0.25, 0.3) is 0 Å². The lowest BCUT2D eigenvalue weighted by Crippen LogP contribution is -2.55. The van der Waals surface area contributed by atoms with E-state index in [-0.39, 0.29) is 41.6 Å². The Bertz CT molecular complexity index is 1280. The van der Waals surface area contributed by atoms with Crippen molar-refractivity contribution in [1.82, 2.24) is 9.97 Å². The summed E-state index contributed by atoms with van der Waals surface area (Å²) in [6, 6.07) is 5.24. The van der Waals surface area contributed by atoms with Crippen LogP contribution in [-0.4, -0.2) is 42.1 Å². The molecule has 0 saturated carbocycles. The number of halogens is 4. The Hall–Kier alpha value is -3.80. The largest absolute Gasteiger partial charge is 0.494 e. The fourth-order valence-electron chi connectivity index (χ4n) is 4.62. The highest BCUT2D eigenvalue weighted by Crippen LogP contribution is 2.34. The van der Waals surface area contributed by atoms with E-state index in [0.29, 0.717) is 36.3 Å². The molecule has 0 aliphatic carbocycles. The summed E-state index contributed by atoms with van der Waals surface area (Å²) in [6.45, 7) is 0.967. The van der Waals surface area contributed by atoms with Gasteiger partial charge in [0.1, 0.15) is 11.6 Å². The molecule has 37 heavy (non-hydrogen) atoms. The quantitative estimate of drug-likeness (QED) is 0.327. The van der Waals surface area contributed by atoms with E-state index in [0.717, 1.165) is 12.1 Å². The first kappa shape index (κ1) is 26.3. The molecular formula is C25H29F4N7O. The average molecular weight is 520 g/mol. The number of aromatic nitrogens is 2. The fraction of sp³-hybridized carbons (Fsp3) is 0.360. The summed E-state index contributed by atoms with van der Waals surface area (Å²) in [4.78, 5) is 10.2. The van der Waals surface area contributed by atoms with Crippen molar-refractivity contribution < 1.29 is 22.3 Å². The van der Waals surface area contributed by atoms with E-state index in [4.69, 9.17) is 21.9 Å². The third kappa shape index (κ3) is 5.79. The minimum atomic E-state index is -2.53. The SMILES string of the molecule is COc1cc(F)c(-c2cc(CNc3ccnc(N)c3N)c(N3CCC[C@](N)(CC(F)F)C3)cn2)cc1F. The van der Waals surface area contributed by atoms with Gasteiger partial charge in [0.2, 0.25) is 6.43 Å². The van der Waals surface area contributed by atoms with Crippen LogP contribution in [0.3, 0.4) is 0 Å². The average Bonchev–Trinajstić information content (AvgIpc) is 2.85. The van der Waals surface area contributed by atoms with Crippen LogP contribution in [0.4, 0.5) is 40.4 Å². The number of nitrogens with zero attached hydrogens (tertiary/aromatic N) is 3. The Kier molecular flexibility index (Phi) is 7.58. The van der Waals surface area contributed by atoms with Crippen molar-refractivity contribution >= 4 is 22.9 Å². The van der Waals surface area contributed by atoms with E-state index < -0.39 is 30.0 Å². The van der Waals surface area contributed by atoms with E-state index in [1.54, 1.807) is 12.1 Å². The fourth-order valence-corrected chi connectivity index (χ4v) is 4.62. The van der Waals surface area contributed by atoms with Crippen LogP contribution >= 0.6 is 0 Å². The van der Waals surface area contributed by atoms with Crippen molar-refractivity contribution in [2.75, 3.05) is 41.9 Å². The molecule has 3 heterocycles. The van der Waals surface area contributed by atoms with Gasteiger partial charge >= 0.3 is 0 Å². The predicted molar refractivity (Wildman–Crippen MR) is 136 cm³/mol. The summed E-state index contributed by atoms with van der Waals surface area (Å²) in [5.74, 6) is -1.51. The molecule has 0 unspecified atom stereocenters. The molecule has 198 valence electrons. The molecule has 1 fully saturated rings. The van der Waals surface area contributed by atoms with Crippen LogP contribution in [0.1, 0.15) is 24.8 Å². The van der Waals surface area contributed by atoms with Crippen molar-refractivity contribution in [3.05, 3.63) is 53.9 Å². The van der Waals surface area contributed by atoms with Gasteiger partial charge in [0.05, 0.1) is 36.1 Å². The molecule has 1 saturated heterocycles. The minimum absolute atomic E-state index is 0.0525. The molecular weight excluding hydrogens is 490 g/mol. The first-order chi connectivity index (χ1) is 17.6. The van der Waals surface area contributed by atoms with Crippen molar-refractivity contribution in [2.24, 2.45) is 5.73 Å². The maximum absolute atomic E-state index is 14.8. The lowest BCUT2D eigenvalue weighted by molar-refractivity contribution is 0.0983. The highest BCUT2D eigenvalue weighted by molar-refractivity contribution is 5.76. The molecule has 0 spiro atoms. The zero-order valence-corrected chi connectivity index (χ0v) is 20.3. The third-order valence-corrected chi connectivity index (χ3v) is 6.48. The first-order valence-corrected chi connectivity index (χ1v) is 11.7. The number of hydrogen-bond acceptors (Lipinski definition) is 8. The molecule has 12 heteroatoms. The molecule has 3 aromatic rings. The van der Waals surface area contributed by atoms with E-state index in [9.17, 15) is 17.6 Å². The third-order valence-electron chi connectivity index (χ3n) is 6.48. The molecule has 0 amide bonds. The Morgan fingerprint density at radius 2 is 1.95 bits per heavy atom. The number of pyridine rings is 2. The van der Waals surface area contributed by atoms with Crippen molar-refractivity contribution in [1.29, 1.82) is 0 Å². The number of piperidine rings is 1. The summed E-state index contributed by atoms with van der Waals surface area (Å²) in [5, 5.41) is 3.19. The Balaban J connectivity index is 1.72. The lowest BCUT2D eigenvalue weighted by Gasteiger charge is -2.42. The molecule has 4 rings (SSSR count). The van der Waals surface area contributed by atoms with Gasteiger partial charge in [0, 0.05) is 49.4 Å². The van der Waals surface area contributed by atoms with Gasteiger partial charge in [-0.15, -0.1) is 0 Å². The van der Waals surface area contributed by atoms with Gasteiger partial charge in [0.15, 0.2) is 11.6 Å². The topological polar surface area (TPSA) is 128 Å². The van der Waals surface area contributed by atoms with Crippen LogP contribution in [0.5, 0.6) is 5.75 Å². The molecule has 8 nitrogen and oxygen atoms in total. The minimum Gasteiger partial charge on any atom is -0.494 e. The van der Waals surface area contributed by atoms with Gasteiger partial charge in [-0.25, -0.2) is 22.5 Å². The van der Waals surface area contributed by atoms with Crippen LogP contribution in [-0.2, 0) is 6.54 Å². The van der Waals surface area contributed by atoms with Gasteiger partial charge in [-0.3, -0.25) is 4.98 Å². The van der Waals surface area contributed by atoms with Gasteiger partial charge in [-0.1, -0.05) is 0 Å². The van der Waals surface area contributed by atoms with Crippen LogP contribution < -0.4 is 32.2 Å². The number of anilines is 4. The smallest absolute Gasteiger partial charge is 0.240 e. The summed E-state index contributed by atoms with van der Waals surface area (Å²) < 4.78 is 60.4. The van der Waals surface area contributed by atoms with Crippen molar-refractivity contribution in [2.45, 2.75) is 37.8 Å². The number of alkyl halides is 2. The molecule has 0 radical (unpaired) electrons. The number of rotatable bonds is 8. The van der Waals surface area contributed by atoms with Gasteiger partial charge in [-0.05, 0) is 36.6 Å². The maximum atomic E-state index is 14.8. The second-order valence-electron chi connectivity index (χ2n) is 9.16. The number of nitrogens with two attached hydrogens (primary N) is 3.